The van der Waals surface area contributed by atoms with Gasteiger partial charge in [0.1, 0.15) is 6.04 Å². The zero-order chi connectivity index (χ0) is 15.0. The van der Waals surface area contributed by atoms with Crippen LogP contribution in [0.15, 0.2) is 30.3 Å². The lowest BCUT2D eigenvalue weighted by atomic mass is 10.3. The van der Waals surface area contributed by atoms with Crippen molar-refractivity contribution < 1.29 is 14.7 Å². The number of benzene rings is 1. The molecule has 1 aromatic rings. The van der Waals surface area contributed by atoms with E-state index in [0.717, 1.165) is 18.7 Å². The summed E-state index contributed by atoms with van der Waals surface area (Å²) in [7, 11) is 1.99. The lowest BCUT2D eigenvalue weighted by Crippen LogP contribution is -2.44. The molecule has 0 aliphatic heterocycles. The highest BCUT2D eigenvalue weighted by Crippen LogP contribution is 2.10. The number of carboxylic acid groups (broad SMARTS) is 1. The predicted octanol–water partition coefficient (Wildman–Crippen LogP) is 1.29. The molecule has 0 saturated heterocycles. The number of urea groups is 1. The summed E-state index contributed by atoms with van der Waals surface area (Å²) < 4.78 is 0. The minimum absolute atomic E-state index is 0.456. The van der Waals surface area contributed by atoms with Gasteiger partial charge in [-0.2, -0.15) is 0 Å². The highest BCUT2D eigenvalue weighted by molar-refractivity contribution is 5.82. The van der Waals surface area contributed by atoms with Crippen LogP contribution < -0.4 is 15.5 Å². The molecule has 0 aliphatic rings. The third-order valence-corrected chi connectivity index (χ3v) is 2.87. The van der Waals surface area contributed by atoms with Crippen molar-refractivity contribution in [2.24, 2.45) is 0 Å². The van der Waals surface area contributed by atoms with E-state index in [-0.39, 0.29) is 0 Å². The number of carbonyl (C=O) groups excluding carboxylic acids is 1. The lowest BCUT2D eigenvalue weighted by molar-refractivity contribution is -0.138. The fraction of sp³-hybridized carbons (Fsp3) is 0.429. The number of carbonyl (C=O) groups is 2. The number of anilines is 1. The number of nitrogens with one attached hydrogen (secondary N) is 2. The van der Waals surface area contributed by atoms with E-state index in [0.29, 0.717) is 6.54 Å². The number of rotatable bonds is 7. The van der Waals surface area contributed by atoms with Gasteiger partial charge in [0.25, 0.3) is 0 Å². The van der Waals surface area contributed by atoms with Crippen molar-refractivity contribution in [3.63, 3.8) is 0 Å². The zero-order valence-corrected chi connectivity index (χ0v) is 11.8. The number of amides is 2. The molecule has 0 spiro atoms. The van der Waals surface area contributed by atoms with Gasteiger partial charge in [-0.1, -0.05) is 18.2 Å². The Balaban J connectivity index is 2.19. The summed E-state index contributed by atoms with van der Waals surface area (Å²) in [6, 6.07) is 8.62. The van der Waals surface area contributed by atoms with Crippen molar-refractivity contribution in [3.05, 3.63) is 30.3 Å². The van der Waals surface area contributed by atoms with Gasteiger partial charge in [0, 0.05) is 25.8 Å². The first-order chi connectivity index (χ1) is 9.50. The standard InChI is InChI=1S/C14H21N3O3/c1-11(13(18)19)16-14(20)15-9-6-10-17(2)12-7-4-3-5-8-12/h3-5,7-8,11H,6,9-10H2,1-2H3,(H,18,19)(H2,15,16,20). The molecule has 0 saturated carbocycles. The van der Waals surface area contributed by atoms with Crippen LogP contribution in [0.5, 0.6) is 0 Å². The molecular weight excluding hydrogens is 258 g/mol. The third kappa shape index (κ3) is 5.60. The van der Waals surface area contributed by atoms with Gasteiger partial charge in [0.05, 0.1) is 0 Å². The van der Waals surface area contributed by atoms with Crippen LogP contribution in [0.25, 0.3) is 0 Å². The van der Waals surface area contributed by atoms with Crippen molar-refractivity contribution in [1.29, 1.82) is 0 Å². The number of hydrogen-bond donors (Lipinski definition) is 3. The summed E-state index contributed by atoms with van der Waals surface area (Å²) in [6.45, 7) is 2.72. The summed E-state index contributed by atoms with van der Waals surface area (Å²) in [5, 5.41) is 13.6. The number of hydrogen-bond acceptors (Lipinski definition) is 3. The van der Waals surface area contributed by atoms with Crippen molar-refractivity contribution >= 4 is 17.7 Å². The highest BCUT2D eigenvalue weighted by atomic mass is 16.4. The van der Waals surface area contributed by atoms with Crippen LogP contribution in [0.3, 0.4) is 0 Å². The first-order valence-electron chi connectivity index (χ1n) is 6.54. The van der Waals surface area contributed by atoms with Crippen LogP contribution in [-0.4, -0.2) is 43.3 Å². The van der Waals surface area contributed by atoms with E-state index in [2.05, 4.69) is 15.5 Å². The second-order valence-electron chi connectivity index (χ2n) is 4.57. The first-order valence-corrected chi connectivity index (χ1v) is 6.54. The quantitative estimate of drug-likeness (QED) is 0.657. The van der Waals surface area contributed by atoms with E-state index in [9.17, 15) is 9.59 Å². The van der Waals surface area contributed by atoms with Crippen molar-refractivity contribution in [3.8, 4) is 0 Å². The van der Waals surface area contributed by atoms with E-state index >= 15 is 0 Å². The summed E-state index contributed by atoms with van der Waals surface area (Å²) in [6.07, 6.45) is 0.778. The molecular formula is C14H21N3O3. The maximum atomic E-state index is 11.4. The smallest absolute Gasteiger partial charge is 0.325 e. The summed E-state index contributed by atoms with van der Waals surface area (Å²) >= 11 is 0. The Morgan fingerprint density at radius 3 is 2.55 bits per heavy atom. The van der Waals surface area contributed by atoms with Crippen LogP contribution in [0.2, 0.25) is 0 Å². The molecule has 20 heavy (non-hydrogen) atoms. The van der Waals surface area contributed by atoms with Crippen LogP contribution in [0.4, 0.5) is 10.5 Å². The van der Waals surface area contributed by atoms with E-state index in [1.54, 1.807) is 0 Å². The van der Waals surface area contributed by atoms with Crippen molar-refractivity contribution in [1.82, 2.24) is 10.6 Å². The van der Waals surface area contributed by atoms with Gasteiger partial charge in [0.2, 0.25) is 0 Å². The molecule has 0 aromatic heterocycles. The van der Waals surface area contributed by atoms with Gasteiger partial charge >= 0.3 is 12.0 Å². The van der Waals surface area contributed by atoms with Gasteiger partial charge in [0.15, 0.2) is 0 Å². The number of carboxylic acids is 1. The maximum absolute atomic E-state index is 11.4. The fourth-order valence-corrected chi connectivity index (χ4v) is 1.64. The molecule has 6 heteroatoms. The zero-order valence-electron chi connectivity index (χ0n) is 11.8. The Bertz CT molecular complexity index is 437. The average Bonchev–Trinajstić information content (AvgIpc) is 2.44. The van der Waals surface area contributed by atoms with E-state index < -0.39 is 18.0 Å². The monoisotopic (exact) mass is 279 g/mol. The Labute approximate surface area is 118 Å². The number of aliphatic carboxylic acids is 1. The average molecular weight is 279 g/mol. The molecule has 0 heterocycles. The van der Waals surface area contributed by atoms with Gasteiger partial charge in [-0.25, -0.2) is 4.79 Å². The Kier molecular flexibility index (Phi) is 6.36. The van der Waals surface area contributed by atoms with E-state index in [1.807, 2.05) is 37.4 Å². The molecule has 0 bridgehead atoms. The number of nitrogens with zero attached hydrogens (tertiary/aromatic N) is 1. The maximum Gasteiger partial charge on any atom is 0.325 e. The first kappa shape index (κ1) is 15.8. The second-order valence-corrected chi connectivity index (χ2v) is 4.57. The van der Waals surface area contributed by atoms with Gasteiger partial charge in [-0.3, -0.25) is 4.79 Å². The molecule has 3 N–H and O–H groups in total. The fourth-order valence-electron chi connectivity index (χ4n) is 1.64. The minimum Gasteiger partial charge on any atom is -0.480 e. The molecule has 0 aliphatic carbocycles. The molecule has 1 aromatic carbocycles. The van der Waals surface area contributed by atoms with E-state index in [4.69, 9.17) is 5.11 Å². The lowest BCUT2D eigenvalue weighted by Gasteiger charge is -2.19. The normalized spacial score (nSPS) is 11.5. The van der Waals surface area contributed by atoms with Crippen LogP contribution in [0, 0.1) is 0 Å². The molecule has 1 rings (SSSR count). The van der Waals surface area contributed by atoms with Crippen LogP contribution in [-0.2, 0) is 4.79 Å². The van der Waals surface area contributed by atoms with Crippen molar-refractivity contribution in [2.45, 2.75) is 19.4 Å². The molecule has 0 radical (unpaired) electrons. The number of para-hydroxylation sites is 1. The van der Waals surface area contributed by atoms with Crippen LogP contribution in [0.1, 0.15) is 13.3 Å². The van der Waals surface area contributed by atoms with Gasteiger partial charge in [-0.05, 0) is 25.5 Å². The van der Waals surface area contributed by atoms with Crippen molar-refractivity contribution in [2.75, 3.05) is 25.0 Å². The Hall–Kier alpha value is -2.24. The predicted molar refractivity (Wildman–Crippen MR) is 78.0 cm³/mol. The SMILES string of the molecule is CC(NC(=O)NCCCN(C)c1ccccc1)C(=O)O. The summed E-state index contributed by atoms with van der Waals surface area (Å²) in [5.41, 5.74) is 1.12. The molecule has 1 unspecified atom stereocenters. The Morgan fingerprint density at radius 1 is 1.30 bits per heavy atom. The van der Waals surface area contributed by atoms with Gasteiger partial charge in [-0.15, -0.1) is 0 Å². The minimum atomic E-state index is -1.05. The van der Waals surface area contributed by atoms with E-state index in [1.165, 1.54) is 6.92 Å². The topological polar surface area (TPSA) is 81.7 Å². The second kappa shape index (κ2) is 8.04. The highest BCUT2D eigenvalue weighted by Gasteiger charge is 2.12. The molecule has 110 valence electrons. The summed E-state index contributed by atoms with van der Waals surface area (Å²) in [5.74, 6) is -1.05. The molecule has 1 atom stereocenters. The largest absolute Gasteiger partial charge is 0.480 e. The molecule has 6 nitrogen and oxygen atoms in total. The molecule has 0 fully saturated rings. The van der Waals surface area contributed by atoms with Gasteiger partial charge < -0.3 is 20.6 Å². The van der Waals surface area contributed by atoms with Crippen LogP contribution >= 0.6 is 0 Å². The third-order valence-electron chi connectivity index (χ3n) is 2.87. The summed E-state index contributed by atoms with van der Waals surface area (Å²) in [4.78, 5) is 24.0. The molecule has 2 amide bonds. The Morgan fingerprint density at radius 2 is 1.95 bits per heavy atom.